The van der Waals surface area contributed by atoms with Crippen molar-refractivity contribution in [2.45, 2.75) is 13.8 Å². The Balaban J connectivity index is 1.89. The zero-order valence-electron chi connectivity index (χ0n) is 12.2. The first kappa shape index (κ1) is 14.2. The molecule has 1 saturated heterocycles. The molecule has 0 amide bonds. The fraction of sp³-hybridized carbons (Fsp3) is 0.312. The number of rotatable bonds is 2. The van der Waals surface area contributed by atoms with Crippen molar-refractivity contribution in [2.75, 3.05) is 13.2 Å². The highest BCUT2D eigenvalue weighted by atomic mass is 19.1. The Bertz CT molecular complexity index is 623. The third-order valence-electron chi connectivity index (χ3n) is 3.44. The monoisotopic (exact) mass is 285 g/mol. The van der Waals surface area contributed by atoms with Crippen LogP contribution in [-0.4, -0.2) is 25.3 Å². The average molecular weight is 285 g/mol. The summed E-state index contributed by atoms with van der Waals surface area (Å²) in [6, 6.07) is 8.58. The van der Waals surface area contributed by atoms with Gasteiger partial charge in [0.05, 0.1) is 0 Å². The molecule has 1 aliphatic rings. The molecule has 1 aromatic carbocycles. The van der Waals surface area contributed by atoms with Crippen LogP contribution in [0, 0.1) is 11.2 Å². The summed E-state index contributed by atoms with van der Waals surface area (Å²) < 4.78 is 25.3. The number of halogens is 1. The first-order valence-corrected chi connectivity index (χ1v) is 6.98. The lowest BCUT2D eigenvalue weighted by Gasteiger charge is -2.33. The Morgan fingerprint density at radius 1 is 1.14 bits per heavy atom. The van der Waals surface area contributed by atoms with Crippen LogP contribution in [0.1, 0.15) is 13.8 Å². The van der Waals surface area contributed by atoms with E-state index >= 15 is 0 Å². The van der Waals surface area contributed by atoms with E-state index in [1.165, 1.54) is 12.1 Å². The lowest BCUT2D eigenvalue weighted by Crippen LogP contribution is -2.47. The fourth-order valence-corrected chi connectivity index (χ4v) is 2.33. The van der Waals surface area contributed by atoms with Crippen molar-refractivity contribution in [1.82, 2.24) is 4.98 Å². The van der Waals surface area contributed by atoms with Gasteiger partial charge in [0, 0.05) is 36.6 Å². The second-order valence-corrected chi connectivity index (χ2v) is 6.13. The molecule has 1 fully saturated rings. The molecule has 0 spiro atoms. The number of nitrogens with zero attached hydrogens (tertiary/aromatic N) is 1. The van der Waals surface area contributed by atoms with Crippen molar-refractivity contribution < 1.29 is 13.7 Å². The highest BCUT2D eigenvalue weighted by Gasteiger charge is 2.33. The van der Waals surface area contributed by atoms with Crippen LogP contribution in [0.25, 0.3) is 11.1 Å². The highest BCUT2D eigenvalue weighted by Crippen LogP contribution is 2.23. The second kappa shape index (κ2) is 5.58. The quantitative estimate of drug-likeness (QED) is 0.795. The zero-order valence-corrected chi connectivity index (χ0v) is 12.2. The van der Waals surface area contributed by atoms with Crippen molar-refractivity contribution in [1.29, 1.82) is 0 Å². The molecule has 0 aliphatic carbocycles. The molecule has 2 aromatic rings. The van der Waals surface area contributed by atoms with Crippen LogP contribution in [0.2, 0.25) is 0 Å². The van der Waals surface area contributed by atoms with Crippen LogP contribution in [0.3, 0.4) is 0 Å². The molecule has 0 atom stereocenters. The molecular formula is C16H17BFNO2. The minimum atomic E-state index is -0.510. The van der Waals surface area contributed by atoms with Gasteiger partial charge in [0.25, 0.3) is 0 Å². The maximum Gasteiger partial charge on any atom is 0.494 e. The molecule has 21 heavy (non-hydrogen) atoms. The molecule has 1 aliphatic heterocycles. The van der Waals surface area contributed by atoms with Gasteiger partial charge in [0.1, 0.15) is 5.82 Å². The molecule has 0 N–H and O–H groups in total. The summed E-state index contributed by atoms with van der Waals surface area (Å²) in [5, 5.41) is 0. The minimum Gasteiger partial charge on any atom is -0.407 e. The normalized spacial score (nSPS) is 17.8. The molecule has 3 rings (SSSR count). The zero-order chi connectivity index (χ0) is 14.9. The summed E-state index contributed by atoms with van der Waals surface area (Å²) in [5.74, 6) is -0.302. The number of pyridine rings is 1. The van der Waals surface area contributed by atoms with Crippen molar-refractivity contribution >= 4 is 12.6 Å². The SMILES string of the molecule is CC1(C)COB(c2cc(F)cc(-c3cccnc3)c2)OC1. The maximum atomic E-state index is 13.9. The molecule has 0 bridgehead atoms. The van der Waals surface area contributed by atoms with Crippen LogP contribution < -0.4 is 5.46 Å². The molecule has 5 heteroatoms. The standard InChI is InChI=1S/C16H17BFNO2/c1-16(2)10-20-17(21-11-16)14-6-13(7-15(18)8-14)12-4-3-5-19-9-12/h3-9H,10-11H2,1-2H3. The third kappa shape index (κ3) is 3.31. The lowest BCUT2D eigenvalue weighted by atomic mass is 9.75. The molecular weight excluding hydrogens is 268 g/mol. The van der Waals surface area contributed by atoms with Gasteiger partial charge < -0.3 is 9.31 Å². The van der Waals surface area contributed by atoms with E-state index in [2.05, 4.69) is 18.8 Å². The van der Waals surface area contributed by atoms with Gasteiger partial charge in [0.15, 0.2) is 0 Å². The van der Waals surface area contributed by atoms with Gasteiger partial charge in [-0.15, -0.1) is 0 Å². The highest BCUT2D eigenvalue weighted by molar-refractivity contribution is 6.61. The van der Waals surface area contributed by atoms with Gasteiger partial charge in [-0.05, 0) is 29.2 Å². The molecule has 0 saturated carbocycles. The predicted molar refractivity (Wildman–Crippen MR) is 80.7 cm³/mol. The maximum absolute atomic E-state index is 13.9. The van der Waals surface area contributed by atoms with Crippen LogP contribution >= 0.6 is 0 Å². The molecule has 1 aromatic heterocycles. The van der Waals surface area contributed by atoms with Crippen molar-refractivity contribution in [3.63, 3.8) is 0 Å². The number of aromatic nitrogens is 1. The van der Waals surface area contributed by atoms with Gasteiger partial charge in [-0.3, -0.25) is 4.98 Å². The Morgan fingerprint density at radius 2 is 1.90 bits per heavy atom. The topological polar surface area (TPSA) is 31.4 Å². The van der Waals surface area contributed by atoms with E-state index in [4.69, 9.17) is 9.31 Å². The van der Waals surface area contributed by atoms with E-state index in [-0.39, 0.29) is 11.2 Å². The summed E-state index contributed by atoms with van der Waals surface area (Å²) in [4.78, 5) is 4.07. The summed E-state index contributed by atoms with van der Waals surface area (Å²) in [7, 11) is -0.510. The van der Waals surface area contributed by atoms with Crippen molar-refractivity contribution in [3.8, 4) is 11.1 Å². The van der Waals surface area contributed by atoms with Crippen molar-refractivity contribution in [3.05, 3.63) is 48.5 Å². The largest absolute Gasteiger partial charge is 0.494 e. The van der Waals surface area contributed by atoms with Gasteiger partial charge in [-0.1, -0.05) is 26.0 Å². The van der Waals surface area contributed by atoms with E-state index in [0.717, 1.165) is 11.1 Å². The fourth-order valence-electron chi connectivity index (χ4n) is 2.33. The van der Waals surface area contributed by atoms with E-state index in [0.29, 0.717) is 18.7 Å². The Kier molecular flexibility index (Phi) is 3.78. The number of hydrogen-bond donors (Lipinski definition) is 0. The number of benzene rings is 1. The molecule has 0 unspecified atom stereocenters. The summed E-state index contributed by atoms with van der Waals surface area (Å²) >= 11 is 0. The molecule has 2 heterocycles. The molecule has 0 radical (unpaired) electrons. The van der Waals surface area contributed by atoms with E-state index in [1.54, 1.807) is 12.4 Å². The number of hydrogen-bond acceptors (Lipinski definition) is 3. The second-order valence-electron chi connectivity index (χ2n) is 6.13. The Hall–Kier alpha value is -1.72. The van der Waals surface area contributed by atoms with Crippen molar-refractivity contribution in [2.24, 2.45) is 5.41 Å². The van der Waals surface area contributed by atoms with Gasteiger partial charge in [-0.2, -0.15) is 0 Å². The van der Waals surface area contributed by atoms with Crippen LogP contribution in [0.4, 0.5) is 4.39 Å². The van der Waals surface area contributed by atoms with Crippen LogP contribution in [0.15, 0.2) is 42.7 Å². The Labute approximate surface area is 124 Å². The van der Waals surface area contributed by atoms with Crippen LogP contribution in [0.5, 0.6) is 0 Å². The third-order valence-corrected chi connectivity index (χ3v) is 3.44. The van der Waals surface area contributed by atoms with E-state index in [1.807, 2.05) is 18.2 Å². The first-order chi connectivity index (χ1) is 10.0. The Morgan fingerprint density at radius 3 is 2.57 bits per heavy atom. The first-order valence-electron chi connectivity index (χ1n) is 6.98. The summed E-state index contributed by atoms with van der Waals surface area (Å²) in [6.45, 7) is 5.35. The van der Waals surface area contributed by atoms with Crippen LogP contribution in [-0.2, 0) is 9.31 Å². The molecule has 3 nitrogen and oxygen atoms in total. The summed E-state index contributed by atoms with van der Waals surface area (Å²) in [5.41, 5.74) is 2.34. The lowest BCUT2D eigenvalue weighted by molar-refractivity contribution is 0.0343. The molecule has 108 valence electrons. The smallest absolute Gasteiger partial charge is 0.407 e. The summed E-state index contributed by atoms with van der Waals surface area (Å²) in [6.07, 6.45) is 3.41. The van der Waals surface area contributed by atoms with Gasteiger partial charge in [0.2, 0.25) is 0 Å². The van der Waals surface area contributed by atoms with Gasteiger partial charge >= 0.3 is 7.12 Å². The average Bonchev–Trinajstić information content (AvgIpc) is 2.47. The van der Waals surface area contributed by atoms with Gasteiger partial charge in [-0.25, -0.2) is 4.39 Å². The minimum absolute atomic E-state index is 0.00396. The van der Waals surface area contributed by atoms with E-state index < -0.39 is 7.12 Å². The predicted octanol–water partition coefficient (Wildman–Crippen LogP) is 2.66. The van der Waals surface area contributed by atoms with E-state index in [9.17, 15) is 4.39 Å².